The van der Waals surface area contributed by atoms with Crippen LogP contribution in [0.1, 0.15) is 6.92 Å². The Morgan fingerprint density at radius 2 is 1.94 bits per heavy atom. The highest BCUT2D eigenvalue weighted by molar-refractivity contribution is 9.10. The topological polar surface area (TPSA) is 6.48 Å². The second kappa shape index (κ2) is 5.39. The van der Waals surface area contributed by atoms with Gasteiger partial charge in [0.1, 0.15) is 0 Å². The highest BCUT2D eigenvalue weighted by Gasteiger charge is 2.16. The first-order valence-electron chi connectivity index (χ1n) is 5.63. The van der Waals surface area contributed by atoms with Crippen molar-refractivity contribution in [2.45, 2.75) is 6.92 Å². The Labute approximate surface area is 110 Å². The third-order valence-electron chi connectivity index (χ3n) is 3.09. The fraction of sp³-hybridized carbons (Fsp3) is 0.500. The van der Waals surface area contributed by atoms with Gasteiger partial charge in [0.2, 0.25) is 0 Å². The molecule has 4 heteroatoms. The summed E-state index contributed by atoms with van der Waals surface area (Å²) in [6.45, 7) is 7.83. The van der Waals surface area contributed by atoms with Crippen LogP contribution >= 0.6 is 27.5 Å². The molecule has 1 aromatic rings. The molecule has 1 aliphatic heterocycles. The van der Waals surface area contributed by atoms with Crippen LogP contribution in [-0.4, -0.2) is 37.6 Å². The zero-order valence-corrected chi connectivity index (χ0v) is 11.8. The molecule has 0 atom stereocenters. The molecule has 16 heavy (non-hydrogen) atoms. The van der Waals surface area contributed by atoms with Gasteiger partial charge in [-0.1, -0.05) is 18.5 Å². The molecule has 1 aromatic carbocycles. The molecule has 0 bridgehead atoms. The van der Waals surface area contributed by atoms with Crippen molar-refractivity contribution >= 4 is 33.2 Å². The van der Waals surface area contributed by atoms with E-state index >= 15 is 0 Å². The van der Waals surface area contributed by atoms with E-state index in [2.05, 4.69) is 38.7 Å². The molecular weight excluding hydrogens is 288 g/mol. The quantitative estimate of drug-likeness (QED) is 0.827. The minimum atomic E-state index is 0.787. The summed E-state index contributed by atoms with van der Waals surface area (Å²) in [7, 11) is 0. The van der Waals surface area contributed by atoms with Gasteiger partial charge < -0.3 is 9.80 Å². The van der Waals surface area contributed by atoms with Crippen LogP contribution in [0.3, 0.4) is 0 Å². The summed E-state index contributed by atoms with van der Waals surface area (Å²) in [6.07, 6.45) is 0. The smallest absolute Gasteiger partial charge is 0.0568 e. The molecule has 0 N–H and O–H groups in total. The van der Waals surface area contributed by atoms with Gasteiger partial charge >= 0.3 is 0 Å². The third kappa shape index (κ3) is 2.70. The molecular formula is C12H16BrClN2. The van der Waals surface area contributed by atoms with Crippen molar-refractivity contribution in [3.05, 3.63) is 27.7 Å². The molecule has 88 valence electrons. The van der Waals surface area contributed by atoms with Gasteiger partial charge in [-0.25, -0.2) is 0 Å². The van der Waals surface area contributed by atoms with Gasteiger partial charge in [-0.2, -0.15) is 0 Å². The maximum atomic E-state index is 6.11. The number of likely N-dealkylation sites (N-methyl/N-ethyl adjacent to an activating group) is 1. The van der Waals surface area contributed by atoms with Crippen LogP contribution in [0.25, 0.3) is 0 Å². The molecule has 2 rings (SSSR count). The lowest BCUT2D eigenvalue weighted by atomic mass is 10.2. The van der Waals surface area contributed by atoms with Gasteiger partial charge in [0.25, 0.3) is 0 Å². The number of hydrogen-bond donors (Lipinski definition) is 0. The number of hydrogen-bond acceptors (Lipinski definition) is 2. The van der Waals surface area contributed by atoms with Gasteiger partial charge in [0, 0.05) is 36.3 Å². The molecule has 0 spiro atoms. The molecule has 1 fully saturated rings. The minimum absolute atomic E-state index is 0.787. The fourth-order valence-electron chi connectivity index (χ4n) is 2.00. The van der Waals surface area contributed by atoms with Crippen molar-refractivity contribution < 1.29 is 0 Å². The number of piperazine rings is 1. The largest absolute Gasteiger partial charge is 0.369 e. The van der Waals surface area contributed by atoms with Crippen LogP contribution in [0.5, 0.6) is 0 Å². The van der Waals surface area contributed by atoms with E-state index in [0.29, 0.717) is 0 Å². The highest BCUT2D eigenvalue weighted by atomic mass is 79.9. The average molecular weight is 304 g/mol. The normalized spacial score (nSPS) is 17.8. The number of anilines is 1. The van der Waals surface area contributed by atoms with Crippen molar-refractivity contribution in [3.63, 3.8) is 0 Å². The maximum Gasteiger partial charge on any atom is 0.0568 e. The Hall–Kier alpha value is -0.250. The van der Waals surface area contributed by atoms with Crippen LogP contribution in [0.4, 0.5) is 5.69 Å². The van der Waals surface area contributed by atoms with E-state index in [-0.39, 0.29) is 0 Å². The number of benzene rings is 1. The van der Waals surface area contributed by atoms with Crippen LogP contribution in [0, 0.1) is 0 Å². The van der Waals surface area contributed by atoms with Gasteiger partial charge in [-0.05, 0) is 40.7 Å². The van der Waals surface area contributed by atoms with E-state index < -0.39 is 0 Å². The SMILES string of the molecule is CCN1CCN(c2ccc(Br)c(Cl)c2)CC1. The molecule has 1 saturated heterocycles. The Morgan fingerprint density at radius 3 is 2.50 bits per heavy atom. The van der Waals surface area contributed by atoms with Crippen LogP contribution in [0.2, 0.25) is 5.02 Å². The van der Waals surface area contributed by atoms with Gasteiger partial charge in [0.15, 0.2) is 0 Å². The summed E-state index contributed by atoms with van der Waals surface area (Å²) in [4.78, 5) is 4.86. The average Bonchev–Trinajstić information content (AvgIpc) is 2.33. The Balaban J connectivity index is 2.05. The molecule has 0 radical (unpaired) electrons. The van der Waals surface area contributed by atoms with Crippen LogP contribution in [0.15, 0.2) is 22.7 Å². The summed E-state index contributed by atoms with van der Waals surface area (Å²) in [5.74, 6) is 0. The Kier molecular flexibility index (Phi) is 4.11. The molecule has 0 saturated carbocycles. The van der Waals surface area contributed by atoms with Gasteiger partial charge in [0.05, 0.1) is 5.02 Å². The second-order valence-electron chi connectivity index (χ2n) is 4.02. The zero-order valence-electron chi connectivity index (χ0n) is 9.42. The van der Waals surface area contributed by atoms with E-state index in [0.717, 1.165) is 42.2 Å². The molecule has 0 unspecified atom stereocenters. The lowest BCUT2D eigenvalue weighted by molar-refractivity contribution is 0.271. The van der Waals surface area contributed by atoms with Crippen molar-refractivity contribution in [1.29, 1.82) is 0 Å². The monoisotopic (exact) mass is 302 g/mol. The molecule has 0 amide bonds. The Morgan fingerprint density at radius 1 is 1.25 bits per heavy atom. The lowest BCUT2D eigenvalue weighted by Gasteiger charge is -2.35. The van der Waals surface area contributed by atoms with Crippen LogP contribution < -0.4 is 4.90 Å². The number of nitrogens with zero attached hydrogens (tertiary/aromatic N) is 2. The molecule has 0 aliphatic carbocycles. The summed E-state index contributed by atoms with van der Waals surface area (Å²) in [5, 5.41) is 0.787. The summed E-state index contributed by atoms with van der Waals surface area (Å²) < 4.78 is 0.963. The molecule has 0 aromatic heterocycles. The van der Waals surface area contributed by atoms with E-state index in [1.165, 1.54) is 5.69 Å². The first-order chi connectivity index (χ1) is 7.70. The molecule has 1 aliphatic rings. The maximum absolute atomic E-state index is 6.11. The summed E-state index contributed by atoms with van der Waals surface area (Å²) >= 11 is 9.52. The van der Waals surface area contributed by atoms with Crippen molar-refractivity contribution in [3.8, 4) is 0 Å². The van der Waals surface area contributed by atoms with E-state index in [4.69, 9.17) is 11.6 Å². The summed E-state index contributed by atoms with van der Waals surface area (Å²) in [5.41, 5.74) is 1.23. The predicted molar refractivity (Wildman–Crippen MR) is 73.5 cm³/mol. The number of halogens is 2. The standard InChI is InChI=1S/C12H16BrClN2/c1-2-15-5-7-16(8-6-15)10-3-4-11(13)12(14)9-10/h3-4,9H,2,5-8H2,1H3. The zero-order chi connectivity index (χ0) is 11.5. The fourth-order valence-corrected chi connectivity index (χ4v) is 2.43. The summed E-state index contributed by atoms with van der Waals surface area (Å²) in [6, 6.07) is 6.18. The van der Waals surface area contributed by atoms with E-state index in [1.807, 2.05) is 12.1 Å². The first kappa shape index (κ1) is 12.2. The van der Waals surface area contributed by atoms with Crippen LogP contribution in [-0.2, 0) is 0 Å². The lowest BCUT2D eigenvalue weighted by Crippen LogP contribution is -2.46. The minimum Gasteiger partial charge on any atom is -0.369 e. The van der Waals surface area contributed by atoms with E-state index in [1.54, 1.807) is 0 Å². The molecule has 2 nitrogen and oxygen atoms in total. The highest BCUT2D eigenvalue weighted by Crippen LogP contribution is 2.28. The third-order valence-corrected chi connectivity index (χ3v) is 4.32. The Bertz CT molecular complexity index is 362. The van der Waals surface area contributed by atoms with Crippen molar-refractivity contribution in [2.24, 2.45) is 0 Å². The first-order valence-corrected chi connectivity index (χ1v) is 6.80. The van der Waals surface area contributed by atoms with Crippen molar-refractivity contribution in [2.75, 3.05) is 37.6 Å². The van der Waals surface area contributed by atoms with E-state index in [9.17, 15) is 0 Å². The van der Waals surface area contributed by atoms with Crippen molar-refractivity contribution in [1.82, 2.24) is 4.90 Å². The number of rotatable bonds is 2. The van der Waals surface area contributed by atoms with Gasteiger partial charge in [-0.15, -0.1) is 0 Å². The predicted octanol–water partition coefficient (Wildman–Crippen LogP) is 3.24. The molecule has 1 heterocycles. The second-order valence-corrected chi connectivity index (χ2v) is 5.28. The van der Waals surface area contributed by atoms with Gasteiger partial charge in [-0.3, -0.25) is 0 Å².